The van der Waals surface area contributed by atoms with Crippen molar-refractivity contribution in [3.05, 3.63) is 40.2 Å². The monoisotopic (exact) mass is 272 g/mol. The van der Waals surface area contributed by atoms with Crippen LogP contribution in [0.4, 0.5) is 0 Å². The Morgan fingerprint density at radius 2 is 2.21 bits per heavy atom. The third-order valence-corrected chi connectivity index (χ3v) is 3.27. The summed E-state index contributed by atoms with van der Waals surface area (Å²) >= 11 is 4.87. The molecule has 0 aromatic heterocycles. The Kier molecular flexibility index (Phi) is 4.76. The fourth-order valence-corrected chi connectivity index (χ4v) is 2.00. The van der Waals surface area contributed by atoms with E-state index in [9.17, 15) is 4.79 Å². The van der Waals surface area contributed by atoms with Crippen molar-refractivity contribution in [1.29, 1.82) is 0 Å². The lowest BCUT2D eigenvalue weighted by Gasteiger charge is -1.98. The average molecular weight is 273 g/mol. The molecule has 74 valence electrons. The summed E-state index contributed by atoms with van der Waals surface area (Å²) in [6.07, 6.45) is 1.39. The number of methoxy groups -OCH3 is 1. The molecule has 0 aliphatic heterocycles. The van der Waals surface area contributed by atoms with Crippen molar-refractivity contribution in [3.63, 3.8) is 0 Å². The normalized spacial score (nSPS) is 10.4. The lowest BCUT2D eigenvalue weighted by Crippen LogP contribution is -1.92. The number of carbonyl (C=O) groups excluding carboxylic acids is 1. The Morgan fingerprint density at radius 3 is 2.86 bits per heavy atom. The second kappa shape index (κ2) is 5.88. The molecule has 0 spiro atoms. The van der Waals surface area contributed by atoms with Gasteiger partial charge >= 0.3 is 5.97 Å². The van der Waals surface area contributed by atoms with E-state index in [1.165, 1.54) is 24.9 Å². The van der Waals surface area contributed by atoms with Crippen molar-refractivity contribution in [1.82, 2.24) is 0 Å². The number of halogens is 1. The van der Waals surface area contributed by atoms with Gasteiger partial charge in [-0.1, -0.05) is 23.9 Å². The molecule has 0 N–H and O–H groups in total. The zero-order valence-electron chi connectivity index (χ0n) is 7.57. The molecular weight excluding hydrogens is 264 g/mol. The Balaban J connectivity index is 2.58. The molecule has 0 fully saturated rings. The summed E-state index contributed by atoms with van der Waals surface area (Å²) < 4.78 is 5.48. The van der Waals surface area contributed by atoms with Gasteiger partial charge in [0.25, 0.3) is 0 Å². The molecule has 0 saturated carbocycles. The highest BCUT2D eigenvalue weighted by Crippen LogP contribution is 2.27. The van der Waals surface area contributed by atoms with Crippen LogP contribution in [0.2, 0.25) is 0 Å². The molecule has 0 atom stereocenters. The van der Waals surface area contributed by atoms with Gasteiger partial charge in [0, 0.05) is 15.4 Å². The molecule has 1 aromatic carbocycles. The van der Waals surface area contributed by atoms with E-state index in [1.54, 1.807) is 5.41 Å². The maximum absolute atomic E-state index is 10.8. The van der Waals surface area contributed by atoms with Crippen LogP contribution in [0.5, 0.6) is 0 Å². The van der Waals surface area contributed by atoms with Gasteiger partial charge in [-0.05, 0) is 33.5 Å². The number of ether oxygens (including phenoxy) is 1. The van der Waals surface area contributed by atoms with E-state index in [1.807, 2.05) is 24.3 Å². The molecule has 0 amide bonds. The SMILES string of the molecule is COC(=O)C=CSc1ccccc1Br. The molecule has 2 nitrogen and oxygen atoms in total. The van der Waals surface area contributed by atoms with Crippen LogP contribution in [0.1, 0.15) is 0 Å². The smallest absolute Gasteiger partial charge is 0.330 e. The molecule has 0 aliphatic carbocycles. The van der Waals surface area contributed by atoms with Crippen molar-refractivity contribution in [2.45, 2.75) is 4.90 Å². The number of thioether (sulfide) groups is 1. The molecule has 0 heterocycles. The van der Waals surface area contributed by atoms with E-state index >= 15 is 0 Å². The van der Waals surface area contributed by atoms with Crippen molar-refractivity contribution >= 4 is 33.7 Å². The van der Waals surface area contributed by atoms with Gasteiger partial charge < -0.3 is 4.74 Å². The van der Waals surface area contributed by atoms with Crippen LogP contribution < -0.4 is 0 Å². The minimum absolute atomic E-state index is 0.343. The zero-order chi connectivity index (χ0) is 10.4. The number of rotatable bonds is 3. The summed E-state index contributed by atoms with van der Waals surface area (Å²) in [5, 5.41) is 1.70. The maximum Gasteiger partial charge on any atom is 0.330 e. The van der Waals surface area contributed by atoms with E-state index in [-0.39, 0.29) is 5.97 Å². The first-order valence-electron chi connectivity index (χ1n) is 3.89. The van der Waals surface area contributed by atoms with Gasteiger partial charge in [0.1, 0.15) is 0 Å². The van der Waals surface area contributed by atoms with Crippen molar-refractivity contribution in [3.8, 4) is 0 Å². The van der Waals surface area contributed by atoms with Crippen LogP contribution in [0.3, 0.4) is 0 Å². The fourth-order valence-electron chi connectivity index (χ4n) is 0.771. The predicted molar refractivity (Wildman–Crippen MR) is 61.2 cm³/mol. The van der Waals surface area contributed by atoms with Crippen LogP contribution in [0.15, 0.2) is 45.1 Å². The molecule has 0 unspecified atom stereocenters. The number of hydrogen-bond donors (Lipinski definition) is 0. The molecular formula is C10H9BrO2S. The summed E-state index contributed by atoms with van der Waals surface area (Å²) in [5.41, 5.74) is 0. The Morgan fingerprint density at radius 1 is 1.50 bits per heavy atom. The van der Waals surface area contributed by atoms with Gasteiger partial charge in [0.15, 0.2) is 0 Å². The van der Waals surface area contributed by atoms with Gasteiger partial charge in [-0.2, -0.15) is 0 Å². The summed E-state index contributed by atoms with van der Waals surface area (Å²) in [6.45, 7) is 0. The second-order valence-corrected chi connectivity index (χ2v) is 4.18. The number of carbonyl (C=O) groups is 1. The van der Waals surface area contributed by atoms with Crippen molar-refractivity contribution in [2.75, 3.05) is 7.11 Å². The Hall–Kier alpha value is -0.740. The quantitative estimate of drug-likeness (QED) is 0.480. The minimum Gasteiger partial charge on any atom is -0.466 e. The molecule has 0 saturated heterocycles. The summed E-state index contributed by atoms with van der Waals surface area (Å²) in [4.78, 5) is 11.8. The third kappa shape index (κ3) is 3.55. The first-order valence-corrected chi connectivity index (χ1v) is 5.57. The van der Waals surface area contributed by atoms with Crippen LogP contribution in [-0.2, 0) is 9.53 Å². The van der Waals surface area contributed by atoms with Crippen molar-refractivity contribution < 1.29 is 9.53 Å². The molecule has 0 aliphatic rings. The lowest BCUT2D eigenvalue weighted by atomic mass is 10.4. The average Bonchev–Trinajstić information content (AvgIpc) is 2.20. The van der Waals surface area contributed by atoms with E-state index < -0.39 is 0 Å². The van der Waals surface area contributed by atoms with Crippen molar-refractivity contribution in [2.24, 2.45) is 0 Å². The molecule has 1 aromatic rings. The highest BCUT2D eigenvalue weighted by molar-refractivity contribution is 9.10. The second-order valence-electron chi connectivity index (χ2n) is 2.37. The predicted octanol–water partition coefficient (Wildman–Crippen LogP) is 3.23. The highest BCUT2D eigenvalue weighted by atomic mass is 79.9. The zero-order valence-corrected chi connectivity index (χ0v) is 9.97. The molecule has 14 heavy (non-hydrogen) atoms. The number of esters is 1. The van der Waals surface area contributed by atoms with Crippen LogP contribution in [-0.4, -0.2) is 13.1 Å². The maximum atomic E-state index is 10.8. The molecule has 0 bridgehead atoms. The fraction of sp³-hybridized carbons (Fsp3) is 0.100. The van der Waals surface area contributed by atoms with Gasteiger partial charge in [-0.25, -0.2) is 4.79 Å². The number of benzene rings is 1. The Labute approximate surface area is 95.5 Å². The largest absolute Gasteiger partial charge is 0.466 e. The van der Waals surface area contributed by atoms with Crippen LogP contribution in [0.25, 0.3) is 0 Å². The molecule has 1 rings (SSSR count). The third-order valence-electron chi connectivity index (χ3n) is 1.44. The minimum atomic E-state index is -0.343. The van der Waals surface area contributed by atoms with Gasteiger partial charge in [0.05, 0.1) is 7.11 Å². The first-order chi connectivity index (χ1) is 6.74. The van der Waals surface area contributed by atoms with E-state index in [0.29, 0.717) is 0 Å². The summed E-state index contributed by atoms with van der Waals surface area (Å²) in [6, 6.07) is 7.81. The highest BCUT2D eigenvalue weighted by Gasteiger charge is 1.96. The first kappa shape index (κ1) is 11.3. The van der Waals surface area contributed by atoms with Gasteiger partial charge in [-0.3, -0.25) is 0 Å². The summed E-state index contributed by atoms with van der Waals surface area (Å²) in [5.74, 6) is -0.343. The van der Waals surface area contributed by atoms with Crippen LogP contribution >= 0.6 is 27.7 Å². The Bertz CT molecular complexity index is 350. The van der Waals surface area contributed by atoms with Gasteiger partial charge in [0.2, 0.25) is 0 Å². The van der Waals surface area contributed by atoms with E-state index in [4.69, 9.17) is 0 Å². The lowest BCUT2D eigenvalue weighted by molar-refractivity contribution is -0.134. The standard InChI is InChI=1S/C10H9BrO2S/c1-13-10(12)6-7-14-9-5-3-2-4-8(9)11/h2-7H,1H3. The van der Waals surface area contributed by atoms with Gasteiger partial charge in [-0.15, -0.1) is 0 Å². The summed E-state index contributed by atoms with van der Waals surface area (Å²) in [7, 11) is 1.36. The van der Waals surface area contributed by atoms with E-state index in [0.717, 1.165) is 9.37 Å². The number of hydrogen-bond acceptors (Lipinski definition) is 3. The van der Waals surface area contributed by atoms with Crippen LogP contribution in [0, 0.1) is 0 Å². The topological polar surface area (TPSA) is 26.3 Å². The molecule has 0 radical (unpaired) electrons. The van der Waals surface area contributed by atoms with E-state index in [2.05, 4.69) is 20.7 Å². The molecule has 4 heteroatoms.